The first-order chi connectivity index (χ1) is 8.31. The van der Waals surface area contributed by atoms with Crippen LogP contribution in [0.3, 0.4) is 0 Å². The maximum atomic E-state index is 11.4. The monoisotopic (exact) mass is 271 g/mol. The SMILES string of the molecule is COc1ccc(CNC(=O)OC(C)(C)C)cc1Cl. The number of halogens is 1. The van der Waals surface area contributed by atoms with Gasteiger partial charge in [0.15, 0.2) is 0 Å². The minimum Gasteiger partial charge on any atom is -0.495 e. The maximum absolute atomic E-state index is 11.4. The summed E-state index contributed by atoms with van der Waals surface area (Å²) in [4.78, 5) is 11.4. The van der Waals surface area contributed by atoms with E-state index in [1.54, 1.807) is 19.2 Å². The van der Waals surface area contributed by atoms with E-state index in [9.17, 15) is 4.79 Å². The van der Waals surface area contributed by atoms with Gasteiger partial charge in [-0.05, 0) is 38.5 Å². The normalized spacial score (nSPS) is 10.9. The van der Waals surface area contributed by atoms with E-state index in [2.05, 4.69) is 5.32 Å². The van der Waals surface area contributed by atoms with Crippen molar-refractivity contribution >= 4 is 17.7 Å². The average Bonchev–Trinajstić information content (AvgIpc) is 2.24. The van der Waals surface area contributed by atoms with Gasteiger partial charge in [-0.3, -0.25) is 0 Å². The van der Waals surface area contributed by atoms with Crippen LogP contribution < -0.4 is 10.1 Å². The molecule has 0 saturated heterocycles. The fourth-order valence-corrected chi connectivity index (χ4v) is 1.59. The van der Waals surface area contributed by atoms with E-state index in [0.717, 1.165) is 5.56 Å². The van der Waals surface area contributed by atoms with Crippen LogP contribution in [0.15, 0.2) is 18.2 Å². The molecule has 4 nitrogen and oxygen atoms in total. The quantitative estimate of drug-likeness (QED) is 0.917. The zero-order valence-electron chi connectivity index (χ0n) is 11.0. The zero-order valence-corrected chi connectivity index (χ0v) is 11.8. The molecule has 0 aliphatic carbocycles. The number of ether oxygens (including phenoxy) is 2. The molecule has 18 heavy (non-hydrogen) atoms. The molecule has 1 aromatic rings. The third kappa shape index (κ3) is 4.84. The van der Waals surface area contributed by atoms with E-state index < -0.39 is 11.7 Å². The molecule has 1 amide bonds. The summed E-state index contributed by atoms with van der Waals surface area (Å²) in [6.45, 7) is 5.81. The molecule has 0 spiro atoms. The van der Waals surface area contributed by atoms with Gasteiger partial charge >= 0.3 is 6.09 Å². The van der Waals surface area contributed by atoms with Crippen molar-refractivity contribution in [1.29, 1.82) is 0 Å². The minimum absolute atomic E-state index is 0.360. The number of carbonyl (C=O) groups excluding carboxylic acids is 1. The van der Waals surface area contributed by atoms with Crippen LogP contribution in [0.1, 0.15) is 26.3 Å². The van der Waals surface area contributed by atoms with Gasteiger partial charge in [-0.25, -0.2) is 4.79 Å². The van der Waals surface area contributed by atoms with Crippen LogP contribution in [-0.2, 0) is 11.3 Å². The van der Waals surface area contributed by atoms with Crippen LogP contribution >= 0.6 is 11.6 Å². The summed E-state index contributed by atoms with van der Waals surface area (Å²) in [6, 6.07) is 5.34. The van der Waals surface area contributed by atoms with Gasteiger partial charge in [-0.15, -0.1) is 0 Å². The van der Waals surface area contributed by atoms with E-state index in [0.29, 0.717) is 17.3 Å². The van der Waals surface area contributed by atoms with Crippen molar-refractivity contribution in [1.82, 2.24) is 5.32 Å². The van der Waals surface area contributed by atoms with Gasteiger partial charge in [-0.1, -0.05) is 17.7 Å². The Morgan fingerprint density at radius 3 is 2.56 bits per heavy atom. The fourth-order valence-electron chi connectivity index (χ4n) is 1.31. The highest BCUT2D eigenvalue weighted by Gasteiger charge is 2.15. The second-order valence-electron chi connectivity index (χ2n) is 4.82. The molecule has 100 valence electrons. The third-order valence-corrected chi connectivity index (χ3v) is 2.35. The standard InChI is InChI=1S/C13H18ClNO3/c1-13(2,3)18-12(16)15-8-9-5-6-11(17-4)10(14)7-9/h5-7H,8H2,1-4H3,(H,15,16). The van der Waals surface area contributed by atoms with Crippen molar-refractivity contribution in [3.05, 3.63) is 28.8 Å². The van der Waals surface area contributed by atoms with E-state index in [1.165, 1.54) is 0 Å². The lowest BCUT2D eigenvalue weighted by atomic mass is 10.2. The molecule has 1 N–H and O–H groups in total. The predicted octanol–water partition coefficient (Wildman–Crippen LogP) is 3.37. The molecule has 0 aliphatic rings. The highest BCUT2D eigenvalue weighted by atomic mass is 35.5. The molecule has 0 atom stereocenters. The number of benzene rings is 1. The van der Waals surface area contributed by atoms with Crippen molar-refractivity contribution in [2.75, 3.05) is 7.11 Å². The third-order valence-electron chi connectivity index (χ3n) is 2.05. The molecular weight excluding hydrogens is 254 g/mol. The molecule has 5 heteroatoms. The summed E-state index contributed by atoms with van der Waals surface area (Å²) in [5, 5.41) is 3.17. The number of carbonyl (C=O) groups is 1. The number of alkyl carbamates (subject to hydrolysis) is 1. The van der Waals surface area contributed by atoms with Gasteiger partial charge in [0.1, 0.15) is 11.4 Å². The largest absolute Gasteiger partial charge is 0.495 e. The first kappa shape index (κ1) is 14.6. The lowest BCUT2D eigenvalue weighted by Crippen LogP contribution is -2.32. The van der Waals surface area contributed by atoms with Gasteiger partial charge in [0.25, 0.3) is 0 Å². The van der Waals surface area contributed by atoms with Crippen molar-refractivity contribution in [2.45, 2.75) is 32.9 Å². The molecule has 1 rings (SSSR count). The van der Waals surface area contributed by atoms with Crippen molar-refractivity contribution in [3.63, 3.8) is 0 Å². The Hall–Kier alpha value is -1.42. The molecule has 0 unspecified atom stereocenters. The van der Waals surface area contributed by atoms with Crippen molar-refractivity contribution < 1.29 is 14.3 Å². The van der Waals surface area contributed by atoms with Crippen LogP contribution in [0.2, 0.25) is 5.02 Å². The number of rotatable bonds is 3. The first-order valence-corrected chi connectivity index (χ1v) is 5.99. The molecule has 0 fully saturated rings. The number of hydrogen-bond donors (Lipinski definition) is 1. The molecule has 0 aliphatic heterocycles. The van der Waals surface area contributed by atoms with E-state index >= 15 is 0 Å². The summed E-state index contributed by atoms with van der Waals surface area (Å²) in [5.41, 5.74) is 0.383. The molecule has 0 aromatic heterocycles. The van der Waals surface area contributed by atoms with Gasteiger partial charge in [0.05, 0.1) is 12.1 Å². The Morgan fingerprint density at radius 1 is 1.39 bits per heavy atom. The summed E-state index contributed by atoms with van der Waals surface area (Å²) < 4.78 is 10.2. The minimum atomic E-state index is -0.498. The van der Waals surface area contributed by atoms with Gasteiger partial charge in [-0.2, -0.15) is 0 Å². The van der Waals surface area contributed by atoms with E-state index in [-0.39, 0.29) is 0 Å². The van der Waals surface area contributed by atoms with Crippen molar-refractivity contribution in [2.24, 2.45) is 0 Å². The summed E-state index contributed by atoms with van der Waals surface area (Å²) in [6.07, 6.45) is -0.450. The predicted molar refractivity (Wildman–Crippen MR) is 71.1 cm³/mol. The van der Waals surface area contributed by atoms with Crippen LogP contribution in [0.5, 0.6) is 5.75 Å². The summed E-state index contributed by atoms with van der Waals surface area (Å²) >= 11 is 5.98. The summed E-state index contributed by atoms with van der Waals surface area (Å²) in [5.74, 6) is 0.609. The molecular formula is C13H18ClNO3. The maximum Gasteiger partial charge on any atom is 0.407 e. The first-order valence-electron chi connectivity index (χ1n) is 5.61. The van der Waals surface area contributed by atoms with Crippen LogP contribution in [0.25, 0.3) is 0 Å². The fraction of sp³-hybridized carbons (Fsp3) is 0.462. The van der Waals surface area contributed by atoms with Gasteiger partial charge in [0.2, 0.25) is 0 Å². The number of amides is 1. The molecule has 0 radical (unpaired) electrons. The molecule has 0 saturated carbocycles. The Labute approximate surface area is 112 Å². The van der Waals surface area contributed by atoms with E-state index in [1.807, 2.05) is 26.8 Å². The average molecular weight is 272 g/mol. The second-order valence-corrected chi connectivity index (χ2v) is 5.23. The molecule has 0 bridgehead atoms. The second kappa shape index (κ2) is 5.96. The van der Waals surface area contributed by atoms with E-state index in [4.69, 9.17) is 21.1 Å². The Morgan fingerprint density at radius 2 is 2.06 bits per heavy atom. The Bertz CT molecular complexity index is 427. The van der Waals surface area contributed by atoms with Crippen LogP contribution in [0, 0.1) is 0 Å². The zero-order chi connectivity index (χ0) is 13.8. The lowest BCUT2D eigenvalue weighted by Gasteiger charge is -2.19. The Balaban J connectivity index is 2.54. The summed E-state index contributed by atoms with van der Waals surface area (Å²) in [7, 11) is 1.56. The number of methoxy groups -OCH3 is 1. The highest BCUT2D eigenvalue weighted by Crippen LogP contribution is 2.24. The number of hydrogen-bond acceptors (Lipinski definition) is 3. The topological polar surface area (TPSA) is 47.6 Å². The highest BCUT2D eigenvalue weighted by molar-refractivity contribution is 6.32. The number of nitrogens with one attached hydrogen (secondary N) is 1. The smallest absolute Gasteiger partial charge is 0.407 e. The van der Waals surface area contributed by atoms with Gasteiger partial charge < -0.3 is 14.8 Å². The molecule has 1 aromatic carbocycles. The Kier molecular flexibility index (Phi) is 4.84. The van der Waals surface area contributed by atoms with Crippen LogP contribution in [0.4, 0.5) is 4.79 Å². The van der Waals surface area contributed by atoms with Crippen molar-refractivity contribution in [3.8, 4) is 5.75 Å². The molecule has 0 heterocycles. The van der Waals surface area contributed by atoms with Crippen LogP contribution in [-0.4, -0.2) is 18.8 Å². The van der Waals surface area contributed by atoms with Gasteiger partial charge in [0, 0.05) is 6.54 Å². The lowest BCUT2D eigenvalue weighted by molar-refractivity contribution is 0.0523.